The Labute approximate surface area is 118 Å². The van der Waals surface area contributed by atoms with Crippen molar-refractivity contribution in [2.45, 2.75) is 39.0 Å². The molecule has 3 rings (SSSR count). The summed E-state index contributed by atoms with van der Waals surface area (Å²) in [6, 6.07) is 0.410. The summed E-state index contributed by atoms with van der Waals surface area (Å²) < 4.78 is 7.44. The lowest BCUT2D eigenvalue weighted by Gasteiger charge is -2.54. The molecule has 2 N–H and O–H groups in total. The summed E-state index contributed by atoms with van der Waals surface area (Å²) in [5.41, 5.74) is 1.11. The molecule has 110 valence electrons. The van der Waals surface area contributed by atoms with Crippen molar-refractivity contribution in [2.24, 2.45) is 11.3 Å². The number of rotatable bonds is 4. The molecule has 3 atom stereocenters. The standard InChI is InChI=1S/C14H22N4O2/c1-14(2)12(10-4-5-20-13(10)14)17-9-6-16-18(7-9)8-11(19)15-3/h6-7,10,12-13,17H,4-5,8H2,1-3H3,(H,15,19). The van der Waals surface area contributed by atoms with Gasteiger partial charge in [-0.2, -0.15) is 5.10 Å². The Morgan fingerprint density at radius 2 is 2.40 bits per heavy atom. The Balaban J connectivity index is 1.65. The molecular weight excluding hydrogens is 256 g/mol. The van der Waals surface area contributed by atoms with Crippen LogP contribution in [0.15, 0.2) is 12.4 Å². The summed E-state index contributed by atoms with van der Waals surface area (Å²) in [7, 11) is 1.63. The van der Waals surface area contributed by atoms with Crippen LogP contribution in [0.5, 0.6) is 0 Å². The van der Waals surface area contributed by atoms with E-state index in [0.717, 1.165) is 18.7 Å². The van der Waals surface area contributed by atoms with Gasteiger partial charge in [-0.3, -0.25) is 9.48 Å². The molecule has 0 radical (unpaired) electrons. The first-order chi connectivity index (χ1) is 9.52. The first kappa shape index (κ1) is 13.4. The lowest BCUT2D eigenvalue weighted by Crippen LogP contribution is -2.63. The van der Waals surface area contributed by atoms with Gasteiger partial charge in [-0.1, -0.05) is 13.8 Å². The molecule has 0 bridgehead atoms. The molecule has 2 fully saturated rings. The number of ether oxygens (including phenoxy) is 1. The van der Waals surface area contributed by atoms with E-state index < -0.39 is 0 Å². The summed E-state index contributed by atoms with van der Waals surface area (Å²) in [6.45, 7) is 5.60. The highest BCUT2D eigenvalue weighted by atomic mass is 16.5. The number of hydrogen-bond acceptors (Lipinski definition) is 4. The predicted molar refractivity (Wildman–Crippen MR) is 75.3 cm³/mol. The van der Waals surface area contributed by atoms with Crippen LogP contribution >= 0.6 is 0 Å². The number of anilines is 1. The molecule has 2 heterocycles. The van der Waals surface area contributed by atoms with Gasteiger partial charge in [0.05, 0.1) is 18.0 Å². The third kappa shape index (κ3) is 2.08. The second-order valence-corrected chi connectivity index (χ2v) is 6.29. The van der Waals surface area contributed by atoms with E-state index in [2.05, 4.69) is 29.6 Å². The Bertz CT molecular complexity index is 511. The van der Waals surface area contributed by atoms with E-state index in [9.17, 15) is 4.79 Å². The number of carbonyl (C=O) groups is 1. The largest absolute Gasteiger partial charge is 0.379 e. The summed E-state index contributed by atoms with van der Waals surface area (Å²) in [6.07, 6.45) is 5.16. The number of amides is 1. The molecular formula is C14H22N4O2. The molecule has 1 aliphatic heterocycles. The summed E-state index contributed by atoms with van der Waals surface area (Å²) >= 11 is 0. The third-order valence-corrected chi connectivity index (χ3v) is 4.64. The van der Waals surface area contributed by atoms with Crippen molar-refractivity contribution in [3.63, 3.8) is 0 Å². The van der Waals surface area contributed by atoms with Gasteiger partial charge in [0.2, 0.25) is 5.91 Å². The number of likely N-dealkylation sites (N-methyl/N-ethyl adjacent to an activating group) is 1. The van der Waals surface area contributed by atoms with E-state index >= 15 is 0 Å². The SMILES string of the molecule is CNC(=O)Cn1cc(NC2C3CCOC3C2(C)C)cn1. The van der Waals surface area contributed by atoms with E-state index in [1.165, 1.54) is 0 Å². The van der Waals surface area contributed by atoms with Crippen molar-refractivity contribution < 1.29 is 9.53 Å². The van der Waals surface area contributed by atoms with Crippen LogP contribution in [0.2, 0.25) is 0 Å². The number of aromatic nitrogens is 2. The second kappa shape index (κ2) is 4.77. The average Bonchev–Trinajstić information content (AvgIpc) is 3.03. The average molecular weight is 278 g/mol. The lowest BCUT2D eigenvalue weighted by molar-refractivity contribution is -0.121. The van der Waals surface area contributed by atoms with Crippen LogP contribution < -0.4 is 10.6 Å². The number of nitrogens with one attached hydrogen (secondary N) is 2. The molecule has 6 heteroatoms. The quantitative estimate of drug-likeness (QED) is 0.857. The Morgan fingerprint density at radius 1 is 1.60 bits per heavy atom. The van der Waals surface area contributed by atoms with Crippen LogP contribution in [0.1, 0.15) is 20.3 Å². The smallest absolute Gasteiger partial charge is 0.241 e. The molecule has 6 nitrogen and oxygen atoms in total. The van der Waals surface area contributed by atoms with Gasteiger partial charge < -0.3 is 15.4 Å². The van der Waals surface area contributed by atoms with E-state index in [-0.39, 0.29) is 17.9 Å². The molecule has 1 aromatic heterocycles. The van der Waals surface area contributed by atoms with Crippen molar-refractivity contribution >= 4 is 11.6 Å². The fourth-order valence-corrected chi connectivity index (χ4v) is 3.55. The van der Waals surface area contributed by atoms with Crippen LogP contribution in [-0.2, 0) is 16.1 Å². The van der Waals surface area contributed by atoms with Gasteiger partial charge in [0.1, 0.15) is 6.54 Å². The van der Waals surface area contributed by atoms with E-state index in [4.69, 9.17) is 4.74 Å². The van der Waals surface area contributed by atoms with Crippen LogP contribution in [0, 0.1) is 11.3 Å². The Kier molecular flexibility index (Phi) is 3.20. The van der Waals surface area contributed by atoms with Gasteiger partial charge in [0.25, 0.3) is 0 Å². The molecule has 3 unspecified atom stereocenters. The van der Waals surface area contributed by atoms with Gasteiger partial charge >= 0.3 is 0 Å². The maximum absolute atomic E-state index is 11.3. The number of nitrogens with zero attached hydrogens (tertiary/aromatic N) is 2. The third-order valence-electron chi connectivity index (χ3n) is 4.64. The fraction of sp³-hybridized carbons (Fsp3) is 0.714. The van der Waals surface area contributed by atoms with E-state index in [1.807, 2.05) is 6.20 Å². The zero-order valence-electron chi connectivity index (χ0n) is 12.2. The lowest BCUT2D eigenvalue weighted by atomic mass is 9.57. The van der Waals surface area contributed by atoms with Gasteiger partial charge in [0, 0.05) is 37.2 Å². The predicted octanol–water partition coefficient (Wildman–Crippen LogP) is 0.854. The van der Waals surface area contributed by atoms with E-state index in [1.54, 1.807) is 17.9 Å². The van der Waals surface area contributed by atoms with Crippen molar-refractivity contribution in [1.29, 1.82) is 0 Å². The zero-order chi connectivity index (χ0) is 14.3. The van der Waals surface area contributed by atoms with Gasteiger partial charge in [-0.15, -0.1) is 0 Å². The molecule has 20 heavy (non-hydrogen) atoms. The van der Waals surface area contributed by atoms with Crippen LogP contribution in [0.4, 0.5) is 5.69 Å². The minimum atomic E-state index is -0.0483. The highest BCUT2D eigenvalue weighted by molar-refractivity contribution is 5.75. The highest BCUT2D eigenvalue weighted by Crippen LogP contribution is 2.53. The van der Waals surface area contributed by atoms with Crippen molar-refractivity contribution in [2.75, 3.05) is 19.0 Å². The fourth-order valence-electron chi connectivity index (χ4n) is 3.55. The first-order valence-electron chi connectivity index (χ1n) is 7.13. The molecule has 1 aliphatic carbocycles. The summed E-state index contributed by atoms with van der Waals surface area (Å²) in [4.78, 5) is 11.3. The van der Waals surface area contributed by atoms with Crippen LogP contribution in [-0.4, -0.2) is 41.5 Å². The zero-order valence-corrected chi connectivity index (χ0v) is 12.2. The first-order valence-corrected chi connectivity index (χ1v) is 7.13. The molecule has 1 saturated carbocycles. The topological polar surface area (TPSA) is 68.2 Å². The summed E-state index contributed by atoms with van der Waals surface area (Å²) in [5.74, 6) is 0.542. The van der Waals surface area contributed by atoms with E-state index in [0.29, 0.717) is 18.1 Å². The monoisotopic (exact) mass is 278 g/mol. The Hall–Kier alpha value is -1.56. The molecule has 0 aromatic carbocycles. The molecule has 1 aromatic rings. The molecule has 1 amide bonds. The maximum atomic E-state index is 11.3. The highest BCUT2D eigenvalue weighted by Gasteiger charge is 2.59. The van der Waals surface area contributed by atoms with Gasteiger partial charge in [0.15, 0.2) is 0 Å². The number of carbonyl (C=O) groups excluding carboxylic acids is 1. The normalized spacial score (nSPS) is 30.4. The maximum Gasteiger partial charge on any atom is 0.241 e. The van der Waals surface area contributed by atoms with Crippen LogP contribution in [0.25, 0.3) is 0 Å². The van der Waals surface area contributed by atoms with Crippen molar-refractivity contribution in [3.05, 3.63) is 12.4 Å². The minimum Gasteiger partial charge on any atom is -0.379 e. The van der Waals surface area contributed by atoms with Gasteiger partial charge in [-0.05, 0) is 6.42 Å². The molecule has 0 spiro atoms. The van der Waals surface area contributed by atoms with Gasteiger partial charge in [-0.25, -0.2) is 0 Å². The van der Waals surface area contributed by atoms with Crippen LogP contribution in [0.3, 0.4) is 0 Å². The number of fused-ring (bicyclic) bond motifs is 1. The van der Waals surface area contributed by atoms with Crippen molar-refractivity contribution in [1.82, 2.24) is 15.1 Å². The molecule has 2 aliphatic rings. The second-order valence-electron chi connectivity index (χ2n) is 6.29. The number of hydrogen-bond donors (Lipinski definition) is 2. The van der Waals surface area contributed by atoms with Crippen molar-refractivity contribution in [3.8, 4) is 0 Å². The molecule has 1 saturated heterocycles. The summed E-state index contributed by atoms with van der Waals surface area (Å²) in [5, 5.41) is 10.4. The minimum absolute atomic E-state index is 0.0483. The Morgan fingerprint density at radius 3 is 3.15 bits per heavy atom.